The number of pyridine rings is 1. The van der Waals surface area contributed by atoms with E-state index in [1.807, 2.05) is 17.2 Å². The highest BCUT2D eigenvalue weighted by Crippen LogP contribution is 2.45. The zero-order valence-corrected chi connectivity index (χ0v) is 14.6. The first kappa shape index (κ1) is 16.5. The predicted molar refractivity (Wildman–Crippen MR) is 91.8 cm³/mol. The highest BCUT2D eigenvalue weighted by molar-refractivity contribution is 5.84. The van der Waals surface area contributed by atoms with Crippen LogP contribution in [0.2, 0.25) is 0 Å². The molecule has 0 unspecified atom stereocenters. The van der Waals surface area contributed by atoms with Gasteiger partial charge in [0.2, 0.25) is 5.91 Å². The van der Waals surface area contributed by atoms with Crippen LogP contribution in [0.4, 0.5) is 0 Å². The van der Waals surface area contributed by atoms with E-state index in [0.29, 0.717) is 26.2 Å². The number of hydrogen-bond acceptors (Lipinski definition) is 4. The van der Waals surface area contributed by atoms with Gasteiger partial charge in [-0.25, -0.2) is 0 Å². The molecule has 1 amide bonds. The number of carbonyl (C=O) groups is 2. The summed E-state index contributed by atoms with van der Waals surface area (Å²) in [5.74, 6) is -0.427. The average Bonchev–Trinajstić information content (AvgIpc) is 3.29. The van der Waals surface area contributed by atoms with Crippen LogP contribution in [0, 0.1) is 17.3 Å². The monoisotopic (exact) mass is 343 g/mol. The summed E-state index contributed by atoms with van der Waals surface area (Å²) in [6.45, 7) is 4.94. The lowest BCUT2D eigenvalue weighted by molar-refractivity contribution is -0.149. The van der Waals surface area contributed by atoms with Gasteiger partial charge in [0.25, 0.3) is 0 Å². The van der Waals surface area contributed by atoms with Crippen molar-refractivity contribution in [1.82, 2.24) is 14.8 Å². The van der Waals surface area contributed by atoms with Crippen LogP contribution in [0.3, 0.4) is 0 Å². The quantitative estimate of drug-likeness (QED) is 0.875. The van der Waals surface area contributed by atoms with Gasteiger partial charge in [-0.2, -0.15) is 0 Å². The van der Waals surface area contributed by atoms with Gasteiger partial charge in [0, 0.05) is 50.8 Å². The molecule has 2 aliphatic heterocycles. The predicted octanol–water partition coefficient (Wildman–Crippen LogP) is 1.40. The molecular weight excluding hydrogens is 318 g/mol. The van der Waals surface area contributed by atoms with E-state index < -0.39 is 11.4 Å². The lowest BCUT2D eigenvalue weighted by Crippen LogP contribution is -2.42. The first-order valence-electron chi connectivity index (χ1n) is 9.20. The lowest BCUT2D eigenvalue weighted by atomic mass is 9.81. The van der Waals surface area contributed by atoms with Gasteiger partial charge in [-0.05, 0) is 30.9 Å². The van der Waals surface area contributed by atoms with Gasteiger partial charge in [-0.3, -0.25) is 19.5 Å². The number of amides is 1. The van der Waals surface area contributed by atoms with Gasteiger partial charge in [0.15, 0.2) is 0 Å². The maximum Gasteiger partial charge on any atom is 0.313 e. The molecule has 1 N–H and O–H groups in total. The summed E-state index contributed by atoms with van der Waals surface area (Å²) in [4.78, 5) is 32.9. The Hall–Kier alpha value is -1.95. The maximum absolute atomic E-state index is 12.3. The molecular formula is C19H25N3O3. The Bertz CT molecular complexity index is 686. The standard InChI is InChI=1S/C19H25N3O3/c1-2-13-3-6-16(20-7-13)10-21-8-15-9-22(17(23)14-4-5-14)12-19(15,11-21)18(24)25/h3,6-7,14-15H,2,4-5,8-12H2,1H3,(H,24,25)/t15-,19-/m0/s1. The molecule has 1 saturated carbocycles. The topological polar surface area (TPSA) is 73.7 Å². The lowest BCUT2D eigenvalue weighted by Gasteiger charge is -2.25. The first-order chi connectivity index (χ1) is 12.0. The molecule has 0 bridgehead atoms. The van der Waals surface area contributed by atoms with E-state index in [-0.39, 0.29) is 17.7 Å². The number of carboxylic acid groups (broad SMARTS) is 1. The highest BCUT2D eigenvalue weighted by atomic mass is 16.4. The Kier molecular flexibility index (Phi) is 4.02. The third-order valence-electron chi connectivity index (χ3n) is 6.02. The van der Waals surface area contributed by atoms with Crippen molar-refractivity contribution in [3.05, 3.63) is 29.6 Å². The van der Waals surface area contributed by atoms with Crippen molar-refractivity contribution in [3.63, 3.8) is 0 Å². The van der Waals surface area contributed by atoms with Gasteiger partial charge in [0.1, 0.15) is 5.41 Å². The number of rotatable bonds is 5. The van der Waals surface area contributed by atoms with Crippen LogP contribution in [-0.2, 0) is 22.6 Å². The highest BCUT2D eigenvalue weighted by Gasteiger charge is 2.59. The summed E-state index contributed by atoms with van der Waals surface area (Å²) >= 11 is 0. The first-order valence-corrected chi connectivity index (χ1v) is 9.20. The van der Waals surface area contributed by atoms with E-state index in [9.17, 15) is 14.7 Å². The number of carboxylic acids is 1. The van der Waals surface area contributed by atoms with E-state index in [2.05, 4.69) is 22.9 Å². The molecule has 4 rings (SSSR count). The van der Waals surface area contributed by atoms with E-state index in [0.717, 1.165) is 31.5 Å². The minimum Gasteiger partial charge on any atom is -0.481 e. The summed E-state index contributed by atoms with van der Waals surface area (Å²) in [6, 6.07) is 4.12. The van der Waals surface area contributed by atoms with Crippen LogP contribution in [0.5, 0.6) is 0 Å². The van der Waals surface area contributed by atoms with Gasteiger partial charge < -0.3 is 10.0 Å². The summed E-state index contributed by atoms with van der Waals surface area (Å²) < 4.78 is 0. The molecule has 25 heavy (non-hydrogen) atoms. The number of hydrogen-bond donors (Lipinski definition) is 1. The van der Waals surface area contributed by atoms with Crippen LogP contribution < -0.4 is 0 Å². The van der Waals surface area contributed by atoms with Gasteiger partial charge >= 0.3 is 5.97 Å². The molecule has 2 atom stereocenters. The van der Waals surface area contributed by atoms with Crippen molar-refractivity contribution < 1.29 is 14.7 Å². The van der Waals surface area contributed by atoms with Crippen molar-refractivity contribution in [2.24, 2.45) is 17.3 Å². The SMILES string of the molecule is CCc1ccc(CN2C[C@H]3CN(C(=O)C4CC4)C[C@@]3(C(=O)O)C2)nc1. The Labute approximate surface area is 147 Å². The smallest absolute Gasteiger partial charge is 0.313 e. The molecule has 1 aromatic heterocycles. The minimum atomic E-state index is -0.812. The van der Waals surface area contributed by atoms with Gasteiger partial charge in [-0.15, -0.1) is 0 Å². The summed E-state index contributed by atoms with van der Waals surface area (Å²) in [5.41, 5.74) is 1.37. The zero-order chi connectivity index (χ0) is 17.6. The Morgan fingerprint density at radius 3 is 2.64 bits per heavy atom. The molecule has 1 aliphatic carbocycles. The van der Waals surface area contributed by atoms with Crippen molar-refractivity contribution in [2.75, 3.05) is 26.2 Å². The zero-order valence-electron chi connectivity index (χ0n) is 14.6. The molecule has 3 fully saturated rings. The largest absolute Gasteiger partial charge is 0.481 e. The van der Waals surface area contributed by atoms with Crippen LogP contribution in [0.1, 0.15) is 31.0 Å². The number of aliphatic carboxylic acids is 1. The number of aryl methyl sites for hydroxylation is 1. The van der Waals surface area contributed by atoms with E-state index in [1.54, 1.807) is 0 Å². The van der Waals surface area contributed by atoms with E-state index >= 15 is 0 Å². The Morgan fingerprint density at radius 1 is 1.28 bits per heavy atom. The molecule has 3 aliphatic rings. The number of nitrogens with zero attached hydrogens (tertiary/aromatic N) is 3. The summed E-state index contributed by atoms with van der Waals surface area (Å²) in [7, 11) is 0. The second kappa shape index (κ2) is 6.09. The van der Waals surface area contributed by atoms with Crippen molar-refractivity contribution >= 4 is 11.9 Å². The number of carbonyl (C=O) groups excluding carboxylic acids is 1. The maximum atomic E-state index is 12.3. The molecule has 6 nitrogen and oxygen atoms in total. The molecule has 6 heteroatoms. The number of fused-ring (bicyclic) bond motifs is 1. The third-order valence-corrected chi connectivity index (χ3v) is 6.02. The minimum absolute atomic E-state index is 0.0163. The summed E-state index contributed by atoms with van der Waals surface area (Å²) in [6.07, 6.45) is 4.79. The third kappa shape index (κ3) is 2.92. The fourth-order valence-corrected chi connectivity index (χ4v) is 4.34. The van der Waals surface area contributed by atoms with Crippen molar-refractivity contribution in [2.45, 2.75) is 32.7 Å². The second-order valence-corrected chi connectivity index (χ2v) is 7.83. The molecule has 0 radical (unpaired) electrons. The molecule has 1 aromatic rings. The van der Waals surface area contributed by atoms with E-state index in [4.69, 9.17) is 0 Å². The van der Waals surface area contributed by atoms with Crippen molar-refractivity contribution in [1.29, 1.82) is 0 Å². The van der Waals surface area contributed by atoms with Crippen molar-refractivity contribution in [3.8, 4) is 0 Å². The Morgan fingerprint density at radius 2 is 2.08 bits per heavy atom. The Balaban J connectivity index is 1.45. The van der Waals surface area contributed by atoms with Crippen LogP contribution >= 0.6 is 0 Å². The average molecular weight is 343 g/mol. The molecule has 0 aromatic carbocycles. The van der Waals surface area contributed by atoms with E-state index in [1.165, 1.54) is 5.56 Å². The van der Waals surface area contributed by atoms with Gasteiger partial charge in [0.05, 0.1) is 5.69 Å². The molecule has 2 saturated heterocycles. The molecule has 3 heterocycles. The number of aromatic nitrogens is 1. The van der Waals surface area contributed by atoms with Gasteiger partial charge in [-0.1, -0.05) is 13.0 Å². The molecule has 134 valence electrons. The fourth-order valence-electron chi connectivity index (χ4n) is 4.34. The number of likely N-dealkylation sites (tertiary alicyclic amines) is 2. The van der Waals surface area contributed by atoms with Crippen LogP contribution in [-0.4, -0.2) is 57.9 Å². The fraction of sp³-hybridized carbons (Fsp3) is 0.632. The normalized spacial score (nSPS) is 29.0. The summed E-state index contributed by atoms with van der Waals surface area (Å²) in [5, 5.41) is 9.90. The van der Waals surface area contributed by atoms with Crippen LogP contribution in [0.15, 0.2) is 18.3 Å². The second-order valence-electron chi connectivity index (χ2n) is 7.83. The molecule has 0 spiro atoms. The van der Waals surface area contributed by atoms with Crippen LogP contribution in [0.25, 0.3) is 0 Å².